The van der Waals surface area contributed by atoms with Gasteiger partial charge in [0.25, 0.3) is 0 Å². The molecular formula is C19H13F3N2O. The van der Waals surface area contributed by atoms with Crippen molar-refractivity contribution in [2.75, 3.05) is 5.32 Å². The molecule has 1 aliphatic rings. The van der Waals surface area contributed by atoms with Crippen LogP contribution in [-0.4, -0.2) is 12.2 Å². The Morgan fingerprint density at radius 3 is 2.08 bits per heavy atom. The maximum Gasteiger partial charge on any atom is 0.420 e. The van der Waals surface area contributed by atoms with Crippen molar-refractivity contribution in [3.05, 3.63) is 77.9 Å². The van der Waals surface area contributed by atoms with Gasteiger partial charge in [-0.3, -0.25) is 0 Å². The summed E-state index contributed by atoms with van der Waals surface area (Å²) in [4.78, 5) is 12.1. The molecule has 0 saturated carbocycles. The summed E-state index contributed by atoms with van der Waals surface area (Å²) in [5, 5.41) is 6.06. The summed E-state index contributed by atoms with van der Waals surface area (Å²) in [7, 11) is 0. The summed E-state index contributed by atoms with van der Waals surface area (Å²) < 4.78 is 42.9. The molecule has 3 aromatic rings. The zero-order chi connectivity index (χ0) is 17.7. The number of anilines is 1. The number of carbonyl (C=O) groups excluding carboxylic acids is 1. The number of urea groups is 1. The van der Waals surface area contributed by atoms with E-state index in [1.807, 2.05) is 0 Å². The maximum absolute atomic E-state index is 14.3. The highest BCUT2D eigenvalue weighted by Crippen LogP contribution is 2.49. The molecule has 3 nitrogen and oxygen atoms in total. The Morgan fingerprint density at radius 2 is 1.44 bits per heavy atom. The molecule has 4 rings (SSSR count). The van der Waals surface area contributed by atoms with Crippen molar-refractivity contribution in [2.24, 2.45) is 0 Å². The number of hydrogen-bond donors (Lipinski definition) is 2. The van der Waals surface area contributed by atoms with E-state index in [1.54, 1.807) is 36.4 Å². The molecule has 0 bridgehead atoms. The predicted octanol–water partition coefficient (Wildman–Crippen LogP) is 4.78. The number of nitrogens with one attached hydrogen (secondary N) is 2. The Morgan fingerprint density at radius 1 is 0.840 bits per heavy atom. The molecule has 3 aromatic carbocycles. The second kappa shape index (κ2) is 5.24. The van der Waals surface area contributed by atoms with Gasteiger partial charge in [0.15, 0.2) is 5.54 Å². The number of alkyl halides is 3. The molecule has 1 aliphatic heterocycles. The predicted molar refractivity (Wildman–Crippen MR) is 89.4 cm³/mol. The van der Waals surface area contributed by atoms with E-state index in [2.05, 4.69) is 10.6 Å². The first-order chi connectivity index (χ1) is 11.9. The summed E-state index contributed by atoms with van der Waals surface area (Å²) in [5.41, 5.74) is -2.50. The SMILES string of the molecule is O=C1Nc2cc3ccccc3cc2[C@@](c2ccccc2)(C(F)(F)F)N1. The second-order valence-electron chi connectivity index (χ2n) is 5.94. The van der Waals surface area contributed by atoms with Crippen LogP contribution in [0.4, 0.5) is 23.7 Å². The van der Waals surface area contributed by atoms with E-state index in [4.69, 9.17) is 0 Å². The molecule has 2 amide bonds. The van der Waals surface area contributed by atoms with E-state index < -0.39 is 17.7 Å². The summed E-state index contributed by atoms with van der Waals surface area (Å²) in [6, 6.07) is 16.7. The van der Waals surface area contributed by atoms with Gasteiger partial charge in [0.1, 0.15) is 0 Å². The van der Waals surface area contributed by atoms with Crippen molar-refractivity contribution < 1.29 is 18.0 Å². The number of fused-ring (bicyclic) bond motifs is 2. The summed E-state index contributed by atoms with van der Waals surface area (Å²) in [6.45, 7) is 0. The third kappa shape index (κ3) is 2.25. The Balaban J connectivity index is 2.10. The van der Waals surface area contributed by atoms with Crippen molar-refractivity contribution in [3.8, 4) is 0 Å². The molecule has 0 aliphatic carbocycles. The van der Waals surface area contributed by atoms with Crippen LogP contribution in [-0.2, 0) is 5.54 Å². The fraction of sp³-hybridized carbons (Fsp3) is 0.105. The Labute approximate surface area is 141 Å². The van der Waals surface area contributed by atoms with E-state index in [1.165, 1.54) is 30.3 Å². The number of halogens is 3. The van der Waals surface area contributed by atoms with Crippen molar-refractivity contribution in [1.29, 1.82) is 0 Å². The Kier molecular flexibility index (Phi) is 3.25. The molecule has 0 fully saturated rings. The molecule has 2 N–H and O–H groups in total. The molecule has 0 unspecified atom stereocenters. The summed E-state index contributed by atoms with van der Waals surface area (Å²) in [5.74, 6) is 0. The number of benzene rings is 3. The minimum Gasteiger partial charge on any atom is -0.316 e. The number of rotatable bonds is 1. The van der Waals surface area contributed by atoms with Gasteiger partial charge >= 0.3 is 12.2 Å². The van der Waals surface area contributed by atoms with Gasteiger partial charge in [-0.1, -0.05) is 54.6 Å². The zero-order valence-corrected chi connectivity index (χ0v) is 12.9. The summed E-state index contributed by atoms with van der Waals surface area (Å²) >= 11 is 0. The average molecular weight is 342 g/mol. The number of carbonyl (C=O) groups is 1. The summed E-state index contributed by atoms with van der Waals surface area (Å²) in [6.07, 6.45) is -4.72. The van der Waals surface area contributed by atoms with Gasteiger partial charge in [0.05, 0.1) is 0 Å². The molecule has 1 heterocycles. The van der Waals surface area contributed by atoms with Crippen LogP contribution < -0.4 is 10.6 Å². The molecule has 0 aromatic heterocycles. The molecular weight excluding hydrogens is 329 g/mol. The van der Waals surface area contributed by atoms with Gasteiger partial charge in [-0.2, -0.15) is 13.2 Å². The van der Waals surface area contributed by atoms with Crippen molar-refractivity contribution >= 4 is 22.5 Å². The zero-order valence-electron chi connectivity index (χ0n) is 12.9. The lowest BCUT2D eigenvalue weighted by atomic mass is 9.79. The fourth-order valence-corrected chi connectivity index (χ4v) is 3.35. The van der Waals surface area contributed by atoms with Gasteiger partial charge in [-0.25, -0.2) is 4.79 Å². The van der Waals surface area contributed by atoms with Crippen LogP contribution >= 0.6 is 0 Å². The van der Waals surface area contributed by atoms with Crippen molar-refractivity contribution in [2.45, 2.75) is 11.7 Å². The molecule has 0 spiro atoms. The first-order valence-electron chi connectivity index (χ1n) is 7.66. The minimum atomic E-state index is -4.72. The number of amides is 2. The molecule has 6 heteroatoms. The second-order valence-corrected chi connectivity index (χ2v) is 5.94. The van der Waals surface area contributed by atoms with Gasteiger partial charge in [0.2, 0.25) is 0 Å². The topological polar surface area (TPSA) is 41.1 Å². The first-order valence-corrected chi connectivity index (χ1v) is 7.66. The van der Waals surface area contributed by atoms with Crippen molar-refractivity contribution in [3.63, 3.8) is 0 Å². The van der Waals surface area contributed by atoms with E-state index in [-0.39, 0.29) is 16.8 Å². The molecule has 0 saturated heterocycles. The molecule has 25 heavy (non-hydrogen) atoms. The highest BCUT2D eigenvalue weighted by atomic mass is 19.4. The van der Waals surface area contributed by atoms with Crippen molar-refractivity contribution in [1.82, 2.24) is 5.32 Å². The fourth-order valence-electron chi connectivity index (χ4n) is 3.35. The lowest BCUT2D eigenvalue weighted by Gasteiger charge is -2.41. The van der Waals surface area contributed by atoms with E-state index in [9.17, 15) is 18.0 Å². The van der Waals surface area contributed by atoms with Crippen LogP contribution in [0, 0.1) is 0 Å². The van der Waals surface area contributed by atoms with Crippen LogP contribution in [0.5, 0.6) is 0 Å². The third-order valence-electron chi connectivity index (χ3n) is 4.47. The van der Waals surface area contributed by atoms with Crippen LogP contribution in [0.2, 0.25) is 0 Å². The number of hydrogen-bond acceptors (Lipinski definition) is 1. The van der Waals surface area contributed by atoms with Crippen LogP contribution in [0.25, 0.3) is 10.8 Å². The van der Waals surface area contributed by atoms with Crippen LogP contribution in [0.1, 0.15) is 11.1 Å². The minimum absolute atomic E-state index is 0.0236. The lowest BCUT2D eigenvalue weighted by molar-refractivity contribution is -0.184. The van der Waals surface area contributed by atoms with Crippen LogP contribution in [0.3, 0.4) is 0 Å². The average Bonchev–Trinajstić information content (AvgIpc) is 2.59. The van der Waals surface area contributed by atoms with E-state index >= 15 is 0 Å². The molecule has 1 atom stereocenters. The van der Waals surface area contributed by atoms with Gasteiger partial charge < -0.3 is 10.6 Å². The molecule has 0 radical (unpaired) electrons. The Bertz CT molecular complexity index is 969. The normalized spacial score (nSPS) is 19.9. The van der Waals surface area contributed by atoms with Gasteiger partial charge in [-0.05, 0) is 28.5 Å². The quantitative estimate of drug-likeness (QED) is 0.656. The highest BCUT2D eigenvalue weighted by molar-refractivity contribution is 5.99. The van der Waals surface area contributed by atoms with E-state index in [0.717, 1.165) is 5.39 Å². The van der Waals surface area contributed by atoms with Crippen LogP contribution in [0.15, 0.2) is 66.7 Å². The maximum atomic E-state index is 14.3. The third-order valence-corrected chi connectivity index (χ3v) is 4.47. The highest BCUT2D eigenvalue weighted by Gasteiger charge is 2.60. The van der Waals surface area contributed by atoms with Gasteiger partial charge in [0, 0.05) is 11.3 Å². The smallest absolute Gasteiger partial charge is 0.316 e. The monoisotopic (exact) mass is 342 g/mol. The first kappa shape index (κ1) is 15.5. The largest absolute Gasteiger partial charge is 0.420 e. The van der Waals surface area contributed by atoms with Gasteiger partial charge in [-0.15, -0.1) is 0 Å². The molecule has 126 valence electrons. The standard InChI is InChI=1S/C19H13F3N2O/c20-19(21,22)18(14-8-2-1-3-9-14)15-10-12-6-4-5-7-13(12)11-16(15)23-17(25)24-18/h1-11H,(H2,23,24,25)/t18-/m0/s1. The Hall–Kier alpha value is -3.02. The lowest BCUT2D eigenvalue weighted by Crippen LogP contribution is -2.60. The van der Waals surface area contributed by atoms with E-state index in [0.29, 0.717) is 5.39 Å².